The van der Waals surface area contributed by atoms with E-state index < -0.39 is 10.0 Å². The summed E-state index contributed by atoms with van der Waals surface area (Å²) in [5, 5.41) is 2.11. The van der Waals surface area contributed by atoms with Crippen molar-refractivity contribution in [1.29, 1.82) is 0 Å². The molecular weight excluding hydrogens is 420 g/mol. The zero-order valence-corrected chi connectivity index (χ0v) is 19.0. The maximum atomic E-state index is 13.3. The van der Waals surface area contributed by atoms with E-state index >= 15 is 0 Å². The fraction of sp³-hybridized carbons (Fsp3) is 0.500. The topological polar surface area (TPSA) is 66.9 Å². The second-order valence-electron chi connectivity index (χ2n) is 7.86. The maximum Gasteiger partial charge on any atom is 0.243 e. The fourth-order valence-corrected chi connectivity index (χ4v) is 6.97. The number of fused-ring (bicyclic) bond motifs is 1. The molecule has 1 fully saturated rings. The fourth-order valence-electron chi connectivity index (χ4n) is 4.57. The average molecular weight is 449 g/mol. The minimum absolute atomic E-state index is 0.110. The van der Waals surface area contributed by atoms with Gasteiger partial charge >= 0.3 is 0 Å². The number of hydrogen-bond donors (Lipinski definition) is 0. The zero-order valence-electron chi connectivity index (χ0n) is 17.4. The van der Waals surface area contributed by atoms with Crippen LogP contribution in [0.5, 0.6) is 5.75 Å². The highest BCUT2D eigenvalue weighted by molar-refractivity contribution is 7.89. The number of rotatable bonds is 5. The van der Waals surface area contributed by atoms with Crippen LogP contribution in [0.25, 0.3) is 0 Å². The first-order chi connectivity index (χ1) is 14.5. The van der Waals surface area contributed by atoms with Gasteiger partial charge in [-0.25, -0.2) is 8.42 Å². The van der Waals surface area contributed by atoms with Gasteiger partial charge in [-0.3, -0.25) is 4.79 Å². The van der Waals surface area contributed by atoms with E-state index in [0.29, 0.717) is 31.7 Å². The quantitative estimate of drug-likeness (QED) is 0.700. The third kappa shape index (κ3) is 3.88. The van der Waals surface area contributed by atoms with Crippen LogP contribution in [0, 0.1) is 5.92 Å². The van der Waals surface area contributed by atoms with Crippen molar-refractivity contribution in [2.24, 2.45) is 5.92 Å². The third-order valence-corrected chi connectivity index (χ3v) is 9.17. The van der Waals surface area contributed by atoms with Gasteiger partial charge in [-0.05, 0) is 67.0 Å². The van der Waals surface area contributed by atoms with Crippen LogP contribution < -0.4 is 4.74 Å². The number of carbonyl (C=O) groups excluding carboxylic acids is 1. The van der Waals surface area contributed by atoms with E-state index in [1.54, 1.807) is 42.7 Å². The summed E-state index contributed by atoms with van der Waals surface area (Å²) in [7, 11) is -2.00. The van der Waals surface area contributed by atoms with Gasteiger partial charge < -0.3 is 9.64 Å². The van der Waals surface area contributed by atoms with Crippen LogP contribution in [0.15, 0.2) is 40.6 Å². The third-order valence-electron chi connectivity index (χ3n) is 6.27. The molecule has 3 heterocycles. The summed E-state index contributed by atoms with van der Waals surface area (Å²) in [4.78, 5) is 17.0. The molecule has 162 valence electrons. The van der Waals surface area contributed by atoms with Crippen LogP contribution in [-0.4, -0.2) is 50.3 Å². The molecule has 0 bridgehead atoms. The molecule has 2 aliphatic rings. The Hall–Kier alpha value is -1.90. The SMILES string of the molecule is CC[C@@H]1c2ccsc2CCN1C(=O)C1CCN(S(=O)(=O)c2ccc(OC)cc2)CC1. The molecule has 0 unspecified atom stereocenters. The van der Waals surface area contributed by atoms with Crippen LogP contribution in [0.3, 0.4) is 0 Å². The molecule has 8 heteroatoms. The predicted octanol–water partition coefficient (Wildman–Crippen LogP) is 3.69. The van der Waals surface area contributed by atoms with Gasteiger partial charge in [0.2, 0.25) is 15.9 Å². The molecule has 1 atom stereocenters. The van der Waals surface area contributed by atoms with Crippen LogP contribution >= 0.6 is 11.3 Å². The van der Waals surface area contributed by atoms with E-state index in [9.17, 15) is 13.2 Å². The van der Waals surface area contributed by atoms with Crippen molar-refractivity contribution in [1.82, 2.24) is 9.21 Å². The molecule has 6 nitrogen and oxygen atoms in total. The van der Waals surface area contributed by atoms with Crippen molar-refractivity contribution in [3.63, 3.8) is 0 Å². The minimum atomic E-state index is -3.55. The molecule has 1 aromatic heterocycles. The molecular formula is C22H28N2O4S2. The van der Waals surface area contributed by atoms with Gasteiger partial charge in [0.25, 0.3) is 0 Å². The van der Waals surface area contributed by atoms with Crippen molar-refractivity contribution in [3.8, 4) is 5.75 Å². The summed E-state index contributed by atoms with van der Waals surface area (Å²) < 4.78 is 32.5. The number of hydrogen-bond acceptors (Lipinski definition) is 5. The molecule has 4 rings (SSSR count). The summed E-state index contributed by atoms with van der Waals surface area (Å²) in [6.07, 6.45) is 2.95. The Morgan fingerprint density at radius 1 is 1.13 bits per heavy atom. The molecule has 1 amide bonds. The van der Waals surface area contributed by atoms with Gasteiger partial charge in [0.15, 0.2) is 0 Å². The number of benzene rings is 1. The van der Waals surface area contributed by atoms with Crippen molar-refractivity contribution >= 4 is 27.3 Å². The van der Waals surface area contributed by atoms with Crippen LogP contribution in [-0.2, 0) is 21.2 Å². The number of ether oxygens (including phenoxy) is 1. The first kappa shape index (κ1) is 21.3. The standard InChI is InChI=1S/C22H28N2O4S2/c1-3-20-19-11-15-29-21(19)10-14-24(20)22(25)16-8-12-23(13-9-16)30(26,27)18-6-4-17(28-2)5-7-18/h4-7,11,15-16,20H,3,8-10,12-14H2,1-2H3/t20-/m1/s1. The highest BCUT2D eigenvalue weighted by Gasteiger charge is 2.37. The summed E-state index contributed by atoms with van der Waals surface area (Å²) in [6, 6.07) is 8.75. The number of carbonyl (C=O) groups is 1. The van der Waals surface area contributed by atoms with E-state index in [2.05, 4.69) is 18.4 Å². The average Bonchev–Trinajstić information content (AvgIpc) is 3.27. The van der Waals surface area contributed by atoms with Gasteiger partial charge in [0.05, 0.1) is 18.0 Å². The van der Waals surface area contributed by atoms with E-state index in [0.717, 1.165) is 19.4 Å². The molecule has 0 saturated carbocycles. The monoisotopic (exact) mass is 448 g/mol. The Kier molecular flexibility index (Phi) is 6.18. The maximum absolute atomic E-state index is 13.3. The number of amides is 1. The molecule has 0 aliphatic carbocycles. The normalized spacial score (nSPS) is 20.7. The van der Waals surface area contributed by atoms with Crippen molar-refractivity contribution in [2.45, 2.75) is 43.5 Å². The Morgan fingerprint density at radius 3 is 2.47 bits per heavy atom. The first-order valence-corrected chi connectivity index (χ1v) is 12.8. The second kappa shape index (κ2) is 8.69. The second-order valence-corrected chi connectivity index (χ2v) is 10.8. The molecule has 0 radical (unpaired) electrons. The van der Waals surface area contributed by atoms with Crippen molar-refractivity contribution in [2.75, 3.05) is 26.7 Å². The molecule has 1 aromatic carbocycles. The molecule has 2 aromatic rings. The number of piperidine rings is 1. The lowest BCUT2D eigenvalue weighted by atomic mass is 9.92. The van der Waals surface area contributed by atoms with Crippen molar-refractivity contribution in [3.05, 3.63) is 46.2 Å². The first-order valence-electron chi connectivity index (χ1n) is 10.5. The van der Waals surface area contributed by atoms with Crippen LogP contribution in [0.4, 0.5) is 0 Å². The van der Waals surface area contributed by atoms with E-state index in [1.165, 1.54) is 14.7 Å². The highest BCUT2D eigenvalue weighted by atomic mass is 32.2. The lowest BCUT2D eigenvalue weighted by Gasteiger charge is -2.39. The summed E-state index contributed by atoms with van der Waals surface area (Å²) in [6.45, 7) is 3.63. The minimum Gasteiger partial charge on any atom is -0.497 e. The predicted molar refractivity (Wildman–Crippen MR) is 117 cm³/mol. The summed E-state index contributed by atoms with van der Waals surface area (Å²) in [5.41, 5.74) is 1.29. The molecule has 30 heavy (non-hydrogen) atoms. The van der Waals surface area contributed by atoms with E-state index in [4.69, 9.17) is 4.74 Å². The molecule has 0 N–H and O–H groups in total. The summed E-state index contributed by atoms with van der Waals surface area (Å²) in [5.74, 6) is 0.695. The Bertz CT molecular complexity index is 992. The molecule has 2 aliphatic heterocycles. The Labute approximate surface area is 182 Å². The van der Waals surface area contributed by atoms with Crippen LogP contribution in [0.1, 0.15) is 42.7 Å². The number of nitrogens with zero attached hydrogens (tertiary/aromatic N) is 2. The molecule has 0 spiro atoms. The van der Waals surface area contributed by atoms with Gasteiger partial charge in [-0.15, -0.1) is 11.3 Å². The Morgan fingerprint density at radius 2 is 1.83 bits per heavy atom. The number of methoxy groups -OCH3 is 1. The summed E-state index contributed by atoms with van der Waals surface area (Å²) >= 11 is 1.78. The highest BCUT2D eigenvalue weighted by Crippen LogP contribution is 2.37. The number of thiophene rings is 1. The zero-order chi connectivity index (χ0) is 21.3. The van der Waals surface area contributed by atoms with Gasteiger partial charge in [-0.2, -0.15) is 4.31 Å². The number of sulfonamides is 1. The van der Waals surface area contributed by atoms with E-state index in [1.807, 2.05) is 4.90 Å². The van der Waals surface area contributed by atoms with Crippen LogP contribution in [0.2, 0.25) is 0 Å². The Balaban J connectivity index is 1.42. The lowest BCUT2D eigenvalue weighted by Crippen LogP contribution is -2.47. The van der Waals surface area contributed by atoms with Gasteiger partial charge in [0.1, 0.15) is 5.75 Å². The molecule has 1 saturated heterocycles. The van der Waals surface area contributed by atoms with Gasteiger partial charge in [0, 0.05) is 30.4 Å². The lowest BCUT2D eigenvalue weighted by molar-refractivity contribution is -0.139. The largest absolute Gasteiger partial charge is 0.497 e. The smallest absolute Gasteiger partial charge is 0.243 e. The van der Waals surface area contributed by atoms with Crippen molar-refractivity contribution < 1.29 is 17.9 Å². The van der Waals surface area contributed by atoms with Gasteiger partial charge in [-0.1, -0.05) is 6.92 Å². The van der Waals surface area contributed by atoms with E-state index in [-0.39, 0.29) is 22.8 Å².